The molecule has 616 valence electrons. The van der Waals surface area contributed by atoms with Crippen molar-refractivity contribution in [1.82, 2.24) is 5.32 Å². The van der Waals surface area contributed by atoms with Crippen molar-refractivity contribution >= 4 is 11.8 Å². The predicted octanol–water partition coefficient (Wildman–Crippen LogP) is 24.3. The minimum Gasteiger partial charge on any atom is -0.379 e. The molecule has 1 N–H and O–H groups in total. The average Bonchev–Trinajstić information content (AvgIpc) is 1.78. The second-order valence-corrected chi connectivity index (χ2v) is 37.0. The van der Waals surface area contributed by atoms with E-state index in [1.54, 1.807) is 13.8 Å². The third kappa shape index (κ3) is 51.0. The SMILES string of the molecule is CC(C)COC(C)C.CC(C)OC(C)(C)C(C)C.CC(C)OC(C)C(C)C.CC(C)OC(F)(F)C(C)C.CC(C)OC1(C(C)C)CC1.CC(C)OC1(C(C)C)CCC1.CC(C)OC1(C(C)C)CNC1.CC(C)OC1(C(C)C)COC1.CC(C)OC1(C(C)C)CSC1.CCC(OC(C)C)C(C)C. The minimum absolute atomic E-state index is 0.0220. The van der Waals surface area contributed by atoms with Gasteiger partial charge in [0.1, 0.15) is 5.60 Å². The summed E-state index contributed by atoms with van der Waals surface area (Å²) in [5.41, 5.74) is 0.900. The van der Waals surface area contributed by atoms with Crippen molar-refractivity contribution in [2.75, 3.05) is 44.4 Å². The topological polar surface area (TPSA) is 114 Å². The maximum absolute atomic E-state index is 12.6. The van der Waals surface area contributed by atoms with E-state index in [4.69, 9.17) is 47.4 Å². The molecule has 3 aliphatic heterocycles. The van der Waals surface area contributed by atoms with E-state index in [9.17, 15) is 8.78 Å². The van der Waals surface area contributed by atoms with Crippen LogP contribution in [0.25, 0.3) is 0 Å². The van der Waals surface area contributed by atoms with Gasteiger partial charge in [0.25, 0.3) is 0 Å². The number of thioether (sulfide) groups is 1. The lowest BCUT2D eigenvalue weighted by Crippen LogP contribution is -2.64. The van der Waals surface area contributed by atoms with Crippen molar-refractivity contribution in [3.63, 3.8) is 0 Å². The van der Waals surface area contributed by atoms with Gasteiger partial charge in [-0.25, -0.2) is 0 Å². The highest BCUT2D eigenvalue weighted by atomic mass is 32.2. The van der Waals surface area contributed by atoms with Crippen LogP contribution in [0.3, 0.4) is 0 Å². The summed E-state index contributed by atoms with van der Waals surface area (Å²) in [6.07, 6.45) is 8.24. The Morgan fingerprint density at radius 3 is 0.832 bits per heavy atom. The minimum atomic E-state index is -2.98. The normalized spacial score (nSPS) is 18.2. The van der Waals surface area contributed by atoms with Gasteiger partial charge in [-0.2, -0.15) is 20.5 Å². The van der Waals surface area contributed by atoms with E-state index in [1.807, 2.05) is 11.8 Å². The van der Waals surface area contributed by atoms with Crippen LogP contribution >= 0.6 is 11.8 Å². The van der Waals surface area contributed by atoms with Gasteiger partial charge < -0.3 is 57.4 Å². The van der Waals surface area contributed by atoms with Crippen molar-refractivity contribution < 1.29 is 60.9 Å². The molecule has 0 aromatic carbocycles. The molecule has 0 aromatic heterocycles. The fourth-order valence-corrected chi connectivity index (χ4v) is 12.0. The number of hydrogen-bond acceptors (Lipinski definition) is 13. The van der Waals surface area contributed by atoms with Crippen LogP contribution in [0.2, 0.25) is 0 Å². The molecule has 2 aliphatic carbocycles. The van der Waals surface area contributed by atoms with Gasteiger partial charge in [-0.3, -0.25) is 0 Å². The van der Waals surface area contributed by atoms with Crippen LogP contribution in [-0.2, 0) is 52.1 Å². The summed E-state index contributed by atoms with van der Waals surface area (Å²) in [4.78, 5) is 0. The Balaban J connectivity index is -0.000000338. The monoisotopic (exact) mass is 1470 g/mol. The number of alkyl halides is 2. The molecule has 12 nitrogen and oxygen atoms in total. The van der Waals surface area contributed by atoms with Crippen LogP contribution in [0, 0.1) is 59.2 Å². The Labute approximate surface area is 634 Å². The van der Waals surface area contributed by atoms with E-state index in [1.165, 1.54) is 57.5 Å². The lowest BCUT2D eigenvalue weighted by Gasteiger charge is -2.46. The number of nitrogens with one attached hydrogen (secondary N) is 1. The van der Waals surface area contributed by atoms with Crippen molar-refractivity contribution in [2.45, 2.75) is 456 Å². The molecule has 2 saturated carbocycles. The lowest BCUT2D eigenvalue weighted by atomic mass is 9.72. The molecular weight excluding hydrogens is 1290 g/mol. The van der Waals surface area contributed by atoms with E-state index < -0.39 is 18.1 Å². The van der Waals surface area contributed by atoms with E-state index in [0.717, 1.165) is 39.3 Å². The summed E-state index contributed by atoms with van der Waals surface area (Å²) in [6.45, 7) is 96.5. The Kier molecular flexibility index (Phi) is 58.8. The summed E-state index contributed by atoms with van der Waals surface area (Å²) in [6, 6.07) is 0. The highest BCUT2D eigenvalue weighted by Crippen LogP contribution is 2.47. The molecule has 2 unspecified atom stereocenters. The predicted molar refractivity (Wildman–Crippen MR) is 436 cm³/mol. The van der Waals surface area contributed by atoms with Crippen LogP contribution in [0.5, 0.6) is 0 Å². The summed E-state index contributed by atoms with van der Waals surface area (Å²) in [7, 11) is 0. The van der Waals surface area contributed by atoms with Crippen molar-refractivity contribution in [3.8, 4) is 0 Å². The van der Waals surface area contributed by atoms with Gasteiger partial charge in [0.2, 0.25) is 0 Å². The quantitative estimate of drug-likeness (QED) is 0.0711. The second-order valence-electron chi connectivity index (χ2n) is 36.0. The number of hydrogen-bond donors (Lipinski definition) is 1. The second kappa shape index (κ2) is 54.4. The zero-order valence-corrected chi connectivity index (χ0v) is 76.4. The van der Waals surface area contributed by atoms with Gasteiger partial charge in [-0.05, 0) is 251 Å². The van der Waals surface area contributed by atoms with Crippen molar-refractivity contribution in [2.24, 2.45) is 59.2 Å². The molecule has 5 fully saturated rings. The van der Waals surface area contributed by atoms with E-state index in [2.05, 4.69) is 287 Å². The van der Waals surface area contributed by atoms with Gasteiger partial charge in [0.15, 0.2) is 0 Å². The molecule has 15 heteroatoms. The van der Waals surface area contributed by atoms with Gasteiger partial charge in [-0.1, -0.05) is 145 Å². The van der Waals surface area contributed by atoms with Crippen molar-refractivity contribution in [1.29, 1.82) is 0 Å². The number of ether oxygens (including phenoxy) is 11. The van der Waals surface area contributed by atoms with Gasteiger partial charge >= 0.3 is 6.11 Å². The summed E-state index contributed by atoms with van der Waals surface area (Å²) in [5, 5.41) is 3.26. The van der Waals surface area contributed by atoms with Crippen LogP contribution in [0.4, 0.5) is 8.78 Å². The van der Waals surface area contributed by atoms with E-state index in [0.29, 0.717) is 120 Å². The van der Waals surface area contributed by atoms with Gasteiger partial charge in [0.05, 0.1) is 114 Å². The largest absolute Gasteiger partial charge is 0.379 e. The van der Waals surface area contributed by atoms with Crippen LogP contribution in [0.1, 0.15) is 343 Å². The Hall–Kier alpha value is -0.270. The first-order valence-corrected chi connectivity index (χ1v) is 41.9. The Morgan fingerprint density at radius 1 is 0.386 bits per heavy atom. The first-order valence-electron chi connectivity index (χ1n) is 40.7. The highest BCUT2D eigenvalue weighted by Gasteiger charge is 2.48. The van der Waals surface area contributed by atoms with Crippen molar-refractivity contribution in [3.05, 3.63) is 0 Å². The zero-order valence-electron chi connectivity index (χ0n) is 75.5. The summed E-state index contributed by atoms with van der Waals surface area (Å²) < 4.78 is 86.2. The van der Waals surface area contributed by atoms with Gasteiger partial charge in [0, 0.05) is 37.1 Å². The first kappa shape index (κ1) is 109. The fraction of sp³-hybridized carbons (Fsp3) is 1.00. The standard InChI is InChI=1S/C10H20O.C9H19NO.C9H18O2.C9H18OS.C9H18O.2C9H20O.C8H18O.C7H14F2O.C7H16O/c1-8(2)10(6-5-7-10)11-9(3)4;2*1-7(2)9(5-10-6-9)11-8(3)4;1-7(2)9(5-11-6-9)10-8(3)4;1-7(2)9(5-6-9)10-8(3)4;1-7(2)9(5,6)10-8(3)4;1-6-9(7(2)3)10-8(4)5;1-6(2)8(5)9-7(3)4;1-5(2)7(8,9)10-6(3)4;1-6(2)5-8-7(3)4/h8-9H,5-7H2,1-4H3;7-8,10H,5-6H2,1-4H3;2*7-8H,5-6H2,1-4H3;7-8H,5-6H2,1-4H3;7-8H,1-6H3;7-9H,6H2,1-5H3;6-8H,1-5H3;5-6H,1-4H3;6-7H,5H2,1-4H3. The molecule has 5 rings (SSSR count). The maximum atomic E-state index is 12.6. The summed E-state index contributed by atoms with van der Waals surface area (Å²) >= 11 is 1.99. The lowest BCUT2D eigenvalue weighted by molar-refractivity contribution is -0.280. The molecular formula is C86H181F2NO11S. The molecule has 3 saturated heterocycles. The molecule has 5 aliphatic rings. The molecule has 0 radical (unpaired) electrons. The molecule has 2 atom stereocenters. The Bertz CT molecular complexity index is 1710. The van der Waals surface area contributed by atoms with Crippen LogP contribution in [0.15, 0.2) is 0 Å². The van der Waals surface area contributed by atoms with Gasteiger partial charge in [-0.15, -0.1) is 0 Å². The third-order valence-corrected chi connectivity index (χ3v) is 20.0. The maximum Gasteiger partial charge on any atom is 0.358 e. The number of rotatable bonds is 31. The number of halogens is 2. The summed E-state index contributed by atoms with van der Waals surface area (Å²) in [5.74, 6) is 7.33. The van der Waals surface area contributed by atoms with E-state index >= 15 is 0 Å². The van der Waals surface area contributed by atoms with E-state index in [-0.39, 0.29) is 33.6 Å². The molecule has 101 heavy (non-hydrogen) atoms. The van der Waals surface area contributed by atoms with Crippen LogP contribution < -0.4 is 5.32 Å². The molecule has 0 bridgehead atoms. The highest BCUT2D eigenvalue weighted by molar-refractivity contribution is 8.00. The fourth-order valence-electron chi connectivity index (χ4n) is 10.6. The molecule has 0 amide bonds. The Morgan fingerprint density at radius 2 is 0.733 bits per heavy atom. The van der Waals surface area contributed by atoms with Crippen LogP contribution in [-0.4, -0.2) is 157 Å². The first-order chi connectivity index (χ1) is 45.8. The smallest absolute Gasteiger partial charge is 0.358 e. The third-order valence-electron chi connectivity index (χ3n) is 18.6. The zero-order chi connectivity index (χ0) is 80.6. The molecule has 0 aromatic rings. The molecule has 3 heterocycles. The average molecular weight is 1480 g/mol. The molecule has 0 spiro atoms.